The maximum absolute atomic E-state index is 13.1. The van der Waals surface area contributed by atoms with Crippen LogP contribution in [0.2, 0.25) is 0 Å². The molecule has 3 aromatic heterocycles. The lowest BCUT2D eigenvalue weighted by atomic mass is 9.88. The van der Waals surface area contributed by atoms with E-state index >= 15 is 0 Å². The zero-order valence-electron chi connectivity index (χ0n) is 16.1. The van der Waals surface area contributed by atoms with Gasteiger partial charge in [-0.15, -0.1) is 22.7 Å². The number of nitrogens with zero attached hydrogens (tertiary/aromatic N) is 1. The number of hydrogen-bond acceptors (Lipinski definition) is 6. The SMILES string of the molecule is CC1CCc2c(sc(NC(=O)c3sc4nc5c(cc4c3N)CCC5)c2C(N)=O)C1. The van der Waals surface area contributed by atoms with Gasteiger partial charge in [-0.25, -0.2) is 4.98 Å². The first-order valence-corrected chi connectivity index (χ1v) is 11.5. The molecule has 2 amide bonds. The molecule has 150 valence electrons. The molecule has 0 saturated carbocycles. The standard InChI is InChI=1S/C21H22N4O2S2/c1-9-5-6-11-14(7-9)28-21(15(11)18(23)26)25-19(27)17-16(22)12-8-10-3-2-4-13(10)24-20(12)29-17/h8-9H,2-7,22H2,1H3,(H2,23,26)(H,25,27). The molecular formula is C21H22N4O2S2. The highest BCUT2D eigenvalue weighted by Gasteiger charge is 2.28. The summed E-state index contributed by atoms with van der Waals surface area (Å²) >= 11 is 2.77. The third kappa shape index (κ3) is 3.02. The van der Waals surface area contributed by atoms with E-state index in [4.69, 9.17) is 16.5 Å². The molecule has 6 nitrogen and oxygen atoms in total. The van der Waals surface area contributed by atoms with Gasteiger partial charge in [0.25, 0.3) is 11.8 Å². The van der Waals surface area contributed by atoms with Crippen LogP contribution >= 0.6 is 22.7 Å². The Bertz CT molecular complexity index is 1180. The molecule has 0 spiro atoms. The van der Waals surface area contributed by atoms with Crippen molar-refractivity contribution in [1.29, 1.82) is 0 Å². The van der Waals surface area contributed by atoms with E-state index in [1.54, 1.807) is 0 Å². The number of thiophene rings is 2. The second-order valence-electron chi connectivity index (χ2n) is 8.02. The third-order valence-corrected chi connectivity index (χ3v) is 8.22. The summed E-state index contributed by atoms with van der Waals surface area (Å²) in [6.07, 6.45) is 5.86. The highest BCUT2D eigenvalue weighted by Crippen LogP contribution is 2.41. The minimum Gasteiger partial charge on any atom is -0.397 e. The van der Waals surface area contributed by atoms with Gasteiger partial charge in [-0.1, -0.05) is 6.92 Å². The predicted octanol–water partition coefficient (Wildman–Crippen LogP) is 3.90. The summed E-state index contributed by atoms with van der Waals surface area (Å²) in [6, 6.07) is 2.08. The van der Waals surface area contributed by atoms with Crippen molar-refractivity contribution in [3.63, 3.8) is 0 Å². The molecule has 0 radical (unpaired) electrons. The molecule has 0 aliphatic heterocycles. The number of hydrogen-bond donors (Lipinski definition) is 3. The van der Waals surface area contributed by atoms with Crippen molar-refractivity contribution in [3.8, 4) is 0 Å². The van der Waals surface area contributed by atoms with Crippen LogP contribution in [0.25, 0.3) is 10.2 Å². The monoisotopic (exact) mass is 426 g/mol. The van der Waals surface area contributed by atoms with Gasteiger partial charge in [-0.3, -0.25) is 9.59 Å². The smallest absolute Gasteiger partial charge is 0.268 e. The molecule has 5 N–H and O–H groups in total. The lowest BCUT2D eigenvalue weighted by Gasteiger charge is -2.18. The Kier molecular flexibility index (Phi) is 4.36. The van der Waals surface area contributed by atoms with Gasteiger partial charge in [0.15, 0.2) is 0 Å². The van der Waals surface area contributed by atoms with E-state index < -0.39 is 5.91 Å². The summed E-state index contributed by atoms with van der Waals surface area (Å²) in [6.45, 7) is 2.20. The zero-order valence-corrected chi connectivity index (χ0v) is 17.8. The number of carbonyl (C=O) groups excluding carboxylic acids is 2. The number of primary amides is 1. The van der Waals surface area contributed by atoms with Crippen molar-refractivity contribution >= 4 is 55.4 Å². The number of rotatable bonds is 3. The maximum Gasteiger partial charge on any atom is 0.268 e. The van der Waals surface area contributed by atoms with Gasteiger partial charge in [0.2, 0.25) is 0 Å². The summed E-state index contributed by atoms with van der Waals surface area (Å²) in [5.41, 5.74) is 16.2. The van der Waals surface area contributed by atoms with Crippen molar-refractivity contribution in [2.24, 2.45) is 11.7 Å². The summed E-state index contributed by atoms with van der Waals surface area (Å²) in [5.74, 6) is -0.230. The molecule has 1 atom stereocenters. The van der Waals surface area contributed by atoms with Crippen molar-refractivity contribution in [2.45, 2.75) is 45.4 Å². The highest BCUT2D eigenvalue weighted by molar-refractivity contribution is 7.21. The van der Waals surface area contributed by atoms with Crippen molar-refractivity contribution in [3.05, 3.63) is 38.2 Å². The van der Waals surface area contributed by atoms with Crippen molar-refractivity contribution in [2.75, 3.05) is 11.1 Å². The van der Waals surface area contributed by atoms with E-state index in [-0.39, 0.29) is 5.91 Å². The first kappa shape index (κ1) is 18.6. The van der Waals surface area contributed by atoms with Gasteiger partial charge in [-0.05, 0) is 61.6 Å². The van der Waals surface area contributed by atoms with Gasteiger partial charge in [0.05, 0.1) is 11.3 Å². The minimum absolute atomic E-state index is 0.306. The highest BCUT2D eigenvalue weighted by atomic mass is 32.1. The second kappa shape index (κ2) is 6.81. The number of nitrogen functional groups attached to an aromatic ring is 1. The van der Waals surface area contributed by atoms with E-state index in [0.717, 1.165) is 64.9 Å². The van der Waals surface area contributed by atoms with Gasteiger partial charge in [-0.2, -0.15) is 0 Å². The molecule has 3 heterocycles. The molecule has 3 aromatic rings. The molecule has 5 rings (SSSR count). The normalized spacial score (nSPS) is 17.9. The number of carbonyl (C=O) groups is 2. The molecule has 0 saturated heterocycles. The van der Waals surface area contributed by atoms with Crippen LogP contribution in [-0.2, 0) is 25.7 Å². The molecular weight excluding hydrogens is 404 g/mol. The van der Waals surface area contributed by atoms with Crippen molar-refractivity contribution < 1.29 is 9.59 Å². The molecule has 0 fully saturated rings. The van der Waals surface area contributed by atoms with Crippen LogP contribution in [0.4, 0.5) is 10.7 Å². The van der Waals surface area contributed by atoms with E-state index in [9.17, 15) is 9.59 Å². The fourth-order valence-electron chi connectivity index (χ4n) is 4.43. The summed E-state index contributed by atoms with van der Waals surface area (Å²) < 4.78 is 0. The van der Waals surface area contributed by atoms with E-state index in [1.165, 1.54) is 28.2 Å². The lowest BCUT2D eigenvalue weighted by Crippen LogP contribution is -2.19. The van der Waals surface area contributed by atoms with E-state index in [1.807, 2.05) is 0 Å². The quantitative estimate of drug-likeness (QED) is 0.590. The third-order valence-electron chi connectivity index (χ3n) is 5.94. The average molecular weight is 427 g/mol. The maximum atomic E-state index is 13.1. The molecule has 2 aliphatic rings. The second-order valence-corrected chi connectivity index (χ2v) is 10.1. The first-order valence-electron chi connectivity index (χ1n) is 9.88. The average Bonchev–Trinajstić information content (AvgIpc) is 3.35. The van der Waals surface area contributed by atoms with Gasteiger partial charge < -0.3 is 16.8 Å². The van der Waals surface area contributed by atoms with Crippen LogP contribution in [0.1, 0.15) is 61.5 Å². The van der Waals surface area contributed by atoms with E-state index in [2.05, 4.69) is 18.3 Å². The van der Waals surface area contributed by atoms with Crippen LogP contribution in [0.15, 0.2) is 6.07 Å². The Morgan fingerprint density at radius 3 is 2.86 bits per heavy atom. The number of pyridine rings is 1. The number of anilines is 2. The van der Waals surface area contributed by atoms with Gasteiger partial charge >= 0.3 is 0 Å². The lowest BCUT2D eigenvalue weighted by molar-refractivity contribution is 0.1000. The Balaban J connectivity index is 1.51. The number of nitrogens with one attached hydrogen (secondary N) is 1. The minimum atomic E-state index is -0.491. The molecule has 0 bridgehead atoms. The van der Waals surface area contributed by atoms with Gasteiger partial charge in [0, 0.05) is 16.0 Å². The van der Waals surface area contributed by atoms with Crippen LogP contribution in [-0.4, -0.2) is 16.8 Å². The topological polar surface area (TPSA) is 111 Å². The van der Waals surface area contributed by atoms with Crippen LogP contribution < -0.4 is 16.8 Å². The molecule has 2 aliphatic carbocycles. The summed E-state index contributed by atoms with van der Waals surface area (Å²) in [5, 5.41) is 4.30. The van der Waals surface area contributed by atoms with Crippen LogP contribution in [0.3, 0.4) is 0 Å². The fraction of sp³-hybridized carbons (Fsp3) is 0.381. The molecule has 29 heavy (non-hydrogen) atoms. The number of fused-ring (bicyclic) bond motifs is 3. The zero-order chi connectivity index (χ0) is 20.3. The first-order chi connectivity index (χ1) is 13.9. The Morgan fingerprint density at radius 2 is 2.07 bits per heavy atom. The number of aromatic nitrogens is 1. The van der Waals surface area contributed by atoms with Crippen LogP contribution in [0, 0.1) is 5.92 Å². The Morgan fingerprint density at radius 1 is 1.24 bits per heavy atom. The Hall–Kier alpha value is -2.45. The fourth-order valence-corrected chi connectivity index (χ4v) is 6.83. The number of aryl methyl sites for hydroxylation is 2. The summed E-state index contributed by atoms with van der Waals surface area (Å²) in [7, 11) is 0. The largest absolute Gasteiger partial charge is 0.397 e. The number of nitrogens with two attached hydrogens (primary N) is 2. The van der Waals surface area contributed by atoms with Crippen molar-refractivity contribution in [1.82, 2.24) is 4.98 Å². The molecule has 1 unspecified atom stereocenters. The Labute approximate surface area is 176 Å². The van der Waals surface area contributed by atoms with Gasteiger partial charge in [0.1, 0.15) is 14.7 Å². The van der Waals surface area contributed by atoms with Crippen LogP contribution in [0.5, 0.6) is 0 Å². The molecule has 8 heteroatoms. The summed E-state index contributed by atoms with van der Waals surface area (Å²) in [4.78, 5) is 32.3. The van der Waals surface area contributed by atoms with E-state index in [0.29, 0.717) is 27.0 Å². The molecule has 0 aromatic carbocycles. The predicted molar refractivity (Wildman–Crippen MR) is 118 cm³/mol. The number of amides is 2.